The van der Waals surface area contributed by atoms with Gasteiger partial charge in [0, 0.05) is 0 Å². The molecule has 4 heteroatoms. The van der Waals surface area contributed by atoms with Gasteiger partial charge in [-0.2, -0.15) is 0 Å². The van der Waals surface area contributed by atoms with Crippen molar-refractivity contribution >= 4 is 11.3 Å². The molecule has 141 valence electrons. The molecule has 0 N–H and O–H groups in total. The summed E-state index contributed by atoms with van der Waals surface area (Å²) >= 11 is 0. The molecule has 0 bridgehead atoms. The molecule has 0 aliphatic heterocycles. The fourth-order valence-electron chi connectivity index (χ4n) is 3.77. The maximum atomic E-state index is 4.95. The first-order valence-corrected chi connectivity index (χ1v) is 8.66. The average Bonchev–Trinajstić information content (AvgIpc) is 2.85. The molecule has 27 heavy (non-hydrogen) atoms. The molecule has 3 rings (SSSR count). The van der Waals surface area contributed by atoms with E-state index in [4.69, 9.17) is 5.32 Å². The van der Waals surface area contributed by atoms with Gasteiger partial charge in [-0.05, 0) is 57.7 Å². The number of hydrogen-bond acceptors (Lipinski definition) is 0. The van der Waals surface area contributed by atoms with Crippen molar-refractivity contribution in [2.45, 2.75) is 47.6 Å². The average molecular weight is 435 g/mol. The Labute approximate surface area is 191 Å². The summed E-state index contributed by atoms with van der Waals surface area (Å²) < 4.78 is 0. The third kappa shape index (κ3) is 5.99. The van der Waals surface area contributed by atoms with Crippen molar-refractivity contribution in [2.24, 2.45) is 0 Å². The van der Waals surface area contributed by atoms with Gasteiger partial charge in [-0.1, -0.05) is 70.3 Å². The molecule has 2 aromatic carbocycles. The Balaban J connectivity index is 0.00000225. The normalized spacial score (nSPS) is 12.6. The first kappa shape index (κ1) is 26.0. The summed E-state index contributed by atoms with van der Waals surface area (Å²) in [4.78, 5) is 0. The zero-order chi connectivity index (χ0) is 17.3. The Morgan fingerprint density at radius 2 is 1.48 bits per heavy atom. The number of rotatable bonds is 4. The van der Waals surface area contributed by atoms with Gasteiger partial charge in [0.15, 0.2) is 0 Å². The largest absolute Gasteiger partial charge is 3.00 e. The van der Waals surface area contributed by atoms with Crippen LogP contribution < -0.4 is 24.8 Å². The van der Waals surface area contributed by atoms with Crippen molar-refractivity contribution in [3.8, 4) is 0 Å². The van der Waals surface area contributed by atoms with Crippen molar-refractivity contribution < 1.29 is 46.5 Å². The molecule has 1 aliphatic rings. The summed E-state index contributed by atoms with van der Waals surface area (Å²) in [5, 5.41) is 4.95. The van der Waals surface area contributed by atoms with Gasteiger partial charge < -0.3 is 30.1 Å². The van der Waals surface area contributed by atoms with Crippen LogP contribution in [-0.2, 0) is 28.3 Å². The van der Waals surface area contributed by atoms with Gasteiger partial charge >= 0.3 is 21.7 Å². The quantitative estimate of drug-likeness (QED) is 0.636. The van der Waals surface area contributed by atoms with Crippen LogP contribution in [0.25, 0.3) is 10.9 Å². The minimum Gasteiger partial charge on any atom is -1.00 e. The summed E-state index contributed by atoms with van der Waals surface area (Å²) in [6.45, 7) is 11.6. The molecule has 0 saturated carbocycles. The fourth-order valence-corrected chi connectivity index (χ4v) is 3.77. The van der Waals surface area contributed by atoms with Crippen LogP contribution in [0.15, 0.2) is 53.6 Å². The van der Waals surface area contributed by atoms with Gasteiger partial charge in [0.25, 0.3) is 0 Å². The van der Waals surface area contributed by atoms with Crippen molar-refractivity contribution in [1.29, 1.82) is 0 Å². The van der Waals surface area contributed by atoms with Gasteiger partial charge in [0.05, 0.1) is 0 Å². The summed E-state index contributed by atoms with van der Waals surface area (Å²) in [5.74, 6) is 0. The predicted octanol–water partition coefficient (Wildman–Crippen LogP) is 0.946. The van der Waals surface area contributed by atoms with E-state index in [-0.39, 0.29) is 46.5 Å². The Morgan fingerprint density at radius 3 is 2.04 bits per heavy atom. The molecule has 0 spiro atoms. The number of aryl methyl sites for hydroxylation is 3. The number of benzene rings is 2. The van der Waals surface area contributed by atoms with E-state index in [1.54, 1.807) is 0 Å². The zero-order valence-electron chi connectivity index (χ0n) is 16.7. The van der Waals surface area contributed by atoms with Gasteiger partial charge in [-0.3, -0.25) is 0 Å². The SMILES string of the molecule is CC1=CC(C)=C(c2ccccc2C[N-]c2c(C)cc(C)cc2C)C1.[Cl-].[Cl-].[Ti+3]. The summed E-state index contributed by atoms with van der Waals surface area (Å²) in [5.41, 5.74) is 11.9. The molecule has 0 aromatic heterocycles. The second-order valence-electron chi connectivity index (χ2n) is 7.05. The third-order valence-electron chi connectivity index (χ3n) is 4.78. The van der Waals surface area contributed by atoms with Crippen molar-refractivity contribution in [3.05, 3.63) is 86.8 Å². The molecule has 0 amide bonds. The second kappa shape index (κ2) is 11.1. The van der Waals surface area contributed by atoms with Crippen molar-refractivity contribution in [3.63, 3.8) is 0 Å². The molecular formula is C23H26Cl2NTi. The number of hydrogen-bond donors (Lipinski definition) is 0. The van der Waals surface area contributed by atoms with Crippen LogP contribution in [0.1, 0.15) is 48.1 Å². The van der Waals surface area contributed by atoms with Crippen LogP contribution in [0.4, 0.5) is 5.69 Å². The van der Waals surface area contributed by atoms with Crippen LogP contribution in [0.2, 0.25) is 0 Å². The molecule has 0 atom stereocenters. The van der Waals surface area contributed by atoms with E-state index in [1.165, 1.54) is 44.5 Å². The molecule has 2 aromatic rings. The third-order valence-corrected chi connectivity index (χ3v) is 4.78. The fraction of sp³-hybridized carbons (Fsp3) is 0.304. The van der Waals surface area contributed by atoms with Crippen molar-refractivity contribution in [2.75, 3.05) is 0 Å². The number of nitrogens with zero attached hydrogens (tertiary/aromatic N) is 1. The maximum absolute atomic E-state index is 4.95. The van der Waals surface area contributed by atoms with E-state index < -0.39 is 0 Å². The first-order chi connectivity index (χ1) is 11.5. The molecule has 1 aliphatic carbocycles. The van der Waals surface area contributed by atoms with Gasteiger partial charge in [-0.15, -0.1) is 12.2 Å². The molecule has 0 saturated heterocycles. The predicted molar refractivity (Wildman–Crippen MR) is 105 cm³/mol. The van der Waals surface area contributed by atoms with E-state index >= 15 is 0 Å². The molecule has 0 heterocycles. The summed E-state index contributed by atoms with van der Waals surface area (Å²) in [6, 6.07) is 13.1. The second-order valence-corrected chi connectivity index (χ2v) is 7.05. The number of halogens is 2. The number of allylic oxidation sites excluding steroid dienone is 4. The smallest absolute Gasteiger partial charge is 1.00 e. The van der Waals surface area contributed by atoms with Gasteiger partial charge in [0.1, 0.15) is 0 Å². The maximum Gasteiger partial charge on any atom is 3.00 e. The monoisotopic (exact) mass is 434 g/mol. The van der Waals surface area contributed by atoms with E-state index in [9.17, 15) is 0 Å². The molecule has 1 nitrogen and oxygen atoms in total. The van der Waals surface area contributed by atoms with Crippen molar-refractivity contribution in [1.82, 2.24) is 0 Å². The van der Waals surface area contributed by atoms with Crippen LogP contribution >= 0.6 is 0 Å². The van der Waals surface area contributed by atoms with Crippen LogP contribution in [-0.4, -0.2) is 0 Å². The van der Waals surface area contributed by atoms with Crippen LogP contribution in [0, 0.1) is 20.8 Å². The van der Waals surface area contributed by atoms with Gasteiger partial charge in [-0.25, -0.2) is 0 Å². The Bertz CT molecular complexity index is 830. The van der Waals surface area contributed by atoms with Crippen LogP contribution in [0.5, 0.6) is 0 Å². The molecule has 1 radical (unpaired) electrons. The first-order valence-electron chi connectivity index (χ1n) is 8.66. The van der Waals surface area contributed by atoms with E-state index in [2.05, 4.69) is 77.1 Å². The van der Waals surface area contributed by atoms with Gasteiger partial charge in [0.2, 0.25) is 0 Å². The Kier molecular flexibility index (Phi) is 10.7. The van der Waals surface area contributed by atoms with E-state index in [1.807, 2.05) is 0 Å². The Hall–Kier alpha value is -0.986. The topological polar surface area (TPSA) is 14.1 Å². The summed E-state index contributed by atoms with van der Waals surface area (Å²) in [6.07, 6.45) is 3.36. The zero-order valence-corrected chi connectivity index (χ0v) is 19.7. The molecular weight excluding hydrogens is 409 g/mol. The minimum absolute atomic E-state index is 0. The molecule has 0 unspecified atom stereocenters. The molecule has 0 fully saturated rings. The van der Waals surface area contributed by atoms with E-state index in [0.29, 0.717) is 0 Å². The van der Waals surface area contributed by atoms with E-state index in [0.717, 1.165) is 18.7 Å². The minimum atomic E-state index is 0. The van der Waals surface area contributed by atoms with Crippen LogP contribution in [0.3, 0.4) is 0 Å². The standard InChI is InChI=1S/C23H26N.2ClH.Ti/c1-15-11-18(4)23(19(5)12-15)24-14-20-8-6-7-9-21(20)22-13-16(2)10-17(22)3;;;/h6-12H,13-14H2,1-5H3;2*1H;/q-1;;;+3/p-2. The Morgan fingerprint density at radius 1 is 0.889 bits per heavy atom. The summed E-state index contributed by atoms with van der Waals surface area (Å²) in [7, 11) is 0.